The Morgan fingerprint density at radius 2 is 2.00 bits per heavy atom. The van der Waals surface area contributed by atoms with Gasteiger partial charge in [-0.1, -0.05) is 19.1 Å². The lowest BCUT2D eigenvalue weighted by molar-refractivity contribution is -0.137. The third-order valence-corrected chi connectivity index (χ3v) is 2.92. The van der Waals surface area contributed by atoms with Gasteiger partial charge in [0, 0.05) is 0 Å². The van der Waals surface area contributed by atoms with Gasteiger partial charge in [0.15, 0.2) is 0 Å². The van der Waals surface area contributed by atoms with Gasteiger partial charge in [0.2, 0.25) is 0 Å². The quantitative estimate of drug-likeness (QED) is 0.873. The number of alkyl carbamates (subject to hydrolysis) is 1. The summed E-state index contributed by atoms with van der Waals surface area (Å²) in [6.07, 6.45) is -0.541. The van der Waals surface area contributed by atoms with E-state index in [4.69, 9.17) is 9.84 Å². The molecule has 1 aromatic carbocycles. The molecule has 1 unspecified atom stereocenters. The average Bonchev–Trinajstić information content (AvgIpc) is 2.35. The zero-order chi connectivity index (χ0) is 16.9. The number of aliphatic carboxylic acids is 1. The van der Waals surface area contributed by atoms with E-state index in [1.807, 2.05) is 0 Å². The van der Waals surface area contributed by atoms with E-state index in [-0.39, 0.29) is 12.2 Å². The van der Waals surface area contributed by atoms with Crippen LogP contribution in [0.2, 0.25) is 0 Å². The van der Waals surface area contributed by atoms with Crippen molar-refractivity contribution in [1.82, 2.24) is 5.32 Å². The summed E-state index contributed by atoms with van der Waals surface area (Å²) in [6, 6.07) is 3.54. The summed E-state index contributed by atoms with van der Waals surface area (Å²) in [5.41, 5.74) is 0.320. The van der Waals surface area contributed by atoms with Crippen molar-refractivity contribution in [1.29, 1.82) is 0 Å². The Balaban J connectivity index is 2.98. The lowest BCUT2D eigenvalue weighted by Crippen LogP contribution is -2.35. The van der Waals surface area contributed by atoms with Gasteiger partial charge in [0.1, 0.15) is 11.4 Å². The van der Waals surface area contributed by atoms with E-state index in [0.717, 1.165) is 0 Å². The van der Waals surface area contributed by atoms with Crippen molar-refractivity contribution in [3.63, 3.8) is 0 Å². The van der Waals surface area contributed by atoms with Crippen molar-refractivity contribution < 1.29 is 23.8 Å². The number of aryl methyl sites for hydroxylation is 1. The van der Waals surface area contributed by atoms with Crippen LogP contribution >= 0.6 is 0 Å². The van der Waals surface area contributed by atoms with Gasteiger partial charge in [-0.3, -0.25) is 4.79 Å². The summed E-state index contributed by atoms with van der Waals surface area (Å²) in [5.74, 6) is -1.42. The number of carboxylic acid groups (broad SMARTS) is 1. The predicted molar refractivity (Wildman–Crippen MR) is 80.1 cm³/mol. The smallest absolute Gasteiger partial charge is 0.408 e. The van der Waals surface area contributed by atoms with Crippen LogP contribution in [-0.2, 0) is 16.0 Å². The van der Waals surface area contributed by atoms with Gasteiger partial charge in [-0.2, -0.15) is 0 Å². The molecule has 0 spiro atoms. The third kappa shape index (κ3) is 5.71. The highest BCUT2D eigenvalue weighted by atomic mass is 19.1. The molecule has 0 aliphatic carbocycles. The summed E-state index contributed by atoms with van der Waals surface area (Å²) in [6.45, 7) is 6.94. The van der Waals surface area contributed by atoms with E-state index in [0.29, 0.717) is 17.5 Å². The van der Waals surface area contributed by atoms with Crippen molar-refractivity contribution in [2.24, 2.45) is 0 Å². The van der Waals surface area contributed by atoms with Crippen LogP contribution in [0.4, 0.5) is 9.18 Å². The fourth-order valence-electron chi connectivity index (χ4n) is 1.96. The highest BCUT2D eigenvalue weighted by molar-refractivity contribution is 5.72. The number of hydrogen-bond acceptors (Lipinski definition) is 3. The molecule has 2 N–H and O–H groups in total. The normalized spacial score (nSPS) is 12.6. The Bertz CT molecular complexity index is 552. The van der Waals surface area contributed by atoms with Gasteiger partial charge in [0.25, 0.3) is 0 Å². The Morgan fingerprint density at radius 3 is 2.50 bits per heavy atom. The molecule has 0 saturated heterocycles. The molecule has 1 amide bonds. The molecule has 0 heterocycles. The fraction of sp³-hybridized carbons (Fsp3) is 0.500. The summed E-state index contributed by atoms with van der Waals surface area (Å²) < 4.78 is 18.7. The van der Waals surface area contributed by atoms with Gasteiger partial charge in [-0.15, -0.1) is 0 Å². The number of nitrogens with one attached hydrogen (secondary N) is 1. The number of ether oxygens (including phenoxy) is 1. The molecule has 0 aliphatic heterocycles. The molecule has 22 heavy (non-hydrogen) atoms. The van der Waals surface area contributed by atoms with Crippen molar-refractivity contribution in [2.75, 3.05) is 0 Å². The monoisotopic (exact) mass is 311 g/mol. The second kappa shape index (κ2) is 7.24. The van der Waals surface area contributed by atoms with E-state index in [2.05, 4.69) is 5.32 Å². The van der Waals surface area contributed by atoms with E-state index < -0.39 is 23.7 Å². The number of carbonyl (C=O) groups excluding carboxylic acids is 1. The lowest BCUT2D eigenvalue weighted by Gasteiger charge is -2.23. The first kappa shape index (κ1) is 17.9. The number of hydrogen-bond donors (Lipinski definition) is 2. The van der Waals surface area contributed by atoms with Gasteiger partial charge in [-0.25, -0.2) is 9.18 Å². The molecule has 1 aromatic rings. The number of amides is 1. The number of carbonyl (C=O) groups is 2. The number of rotatable bonds is 5. The summed E-state index contributed by atoms with van der Waals surface area (Å²) in [5, 5.41) is 11.5. The first-order valence-corrected chi connectivity index (χ1v) is 7.12. The van der Waals surface area contributed by atoms with Crippen molar-refractivity contribution in [3.05, 3.63) is 35.1 Å². The van der Waals surface area contributed by atoms with E-state index in [1.54, 1.807) is 33.8 Å². The van der Waals surface area contributed by atoms with Crippen LogP contribution in [-0.4, -0.2) is 22.8 Å². The summed E-state index contributed by atoms with van der Waals surface area (Å²) in [4.78, 5) is 22.8. The van der Waals surface area contributed by atoms with Crippen LogP contribution in [0.1, 0.15) is 51.3 Å². The van der Waals surface area contributed by atoms with Crippen LogP contribution in [0.3, 0.4) is 0 Å². The fourth-order valence-corrected chi connectivity index (χ4v) is 1.96. The molecule has 0 bridgehead atoms. The molecule has 0 radical (unpaired) electrons. The van der Waals surface area contributed by atoms with Gasteiger partial charge < -0.3 is 15.2 Å². The van der Waals surface area contributed by atoms with E-state index in [9.17, 15) is 14.0 Å². The minimum atomic E-state index is -1.07. The Hall–Kier alpha value is -2.11. The van der Waals surface area contributed by atoms with Crippen LogP contribution in [0.15, 0.2) is 18.2 Å². The summed E-state index contributed by atoms with van der Waals surface area (Å²) >= 11 is 0. The second-order valence-electron chi connectivity index (χ2n) is 6.00. The Kier molecular flexibility index (Phi) is 5.91. The SMILES string of the molecule is CCc1cc(C(CC(=O)O)NC(=O)OC(C)(C)C)ccc1F. The zero-order valence-corrected chi connectivity index (χ0v) is 13.3. The maximum absolute atomic E-state index is 13.6. The number of halogens is 1. The van der Waals surface area contributed by atoms with Gasteiger partial charge >= 0.3 is 12.1 Å². The predicted octanol–water partition coefficient (Wildman–Crippen LogP) is 3.43. The lowest BCUT2D eigenvalue weighted by atomic mass is 10.00. The standard InChI is InChI=1S/C16H22FNO4/c1-5-10-8-11(6-7-12(10)17)13(9-14(19)20)18-15(21)22-16(2,3)4/h6-8,13H,5,9H2,1-4H3,(H,18,21)(H,19,20). The third-order valence-electron chi connectivity index (χ3n) is 2.92. The van der Waals surface area contributed by atoms with Crippen LogP contribution < -0.4 is 5.32 Å². The van der Waals surface area contributed by atoms with Crippen LogP contribution in [0, 0.1) is 5.82 Å². The highest BCUT2D eigenvalue weighted by Crippen LogP contribution is 2.21. The minimum absolute atomic E-state index is 0.311. The van der Waals surface area contributed by atoms with Gasteiger partial charge in [0.05, 0.1) is 12.5 Å². The molecule has 5 nitrogen and oxygen atoms in total. The average molecular weight is 311 g/mol. The molecular weight excluding hydrogens is 289 g/mol. The second-order valence-corrected chi connectivity index (χ2v) is 6.00. The van der Waals surface area contributed by atoms with Crippen molar-refractivity contribution in [3.8, 4) is 0 Å². The molecule has 6 heteroatoms. The maximum atomic E-state index is 13.6. The molecular formula is C16H22FNO4. The molecule has 1 atom stereocenters. The number of benzene rings is 1. The first-order chi connectivity index (χ1) is 10.1. The van der Waals surface area contributed by atoms with Gasteiger partial charge in [-0.05, 0) is 44.4 Å². The molecule has 0 aliphatic rings. The van der Waals surface area contributed by atoms with Crippen molar-refractivity contribution >= 4 is 12.1 Å². The largest absolute Gasteiger partial charge is 0.481 e. The topological polar surface area (TPSA) is 75.6 Å². The zero-order valence-electron chi connectivity index (χ0n) is 13.3. The first-order valence-electron chi connectivity index (χ1n) is 7.12. The maximum Gasteiger partial charge on any atom is 0.408 e. The Labute approximate surface area is 129 Å². The highest BCUT2D eigenvalue weighted by Gasteiger charge is 2.23. The molecule has 0 aromatic heterocycles. The molecule has 0 fully saturated rings. The van der Waals surface area contributed by atoms with Crippen LogP contribution in [0.5, 0.6) is 0 Å². The minimum Gasteiger partial charge on any atom is -0.481 e. The van der Waals surface area contributed by atoms with Crippen molar-refractivity contribution in [2.45, 2.75) is 52.2 Å². The summed E-state index contributed by atoms with van der Waals surface area (Å²) in [7, 11) is 0. The van der Waals surface area contributed by atoms with E-state index >= 15 is 0 Å². The van der Waals surface area contributed by atoms with Crippen LogP contribution in [0.25, 0.3) is 0 Å². The number of carboxylic acids is 1. The molecule has 0 saturated carbocycles. The molecule has 122 valence electrons. The van der Waals surface area contributed by atoms with E-state index in [1.165, 1.54) is 12.1 Å². The molecule has 1 rings (SSSR count). The Morgan fingerprint density at radius 1 is 1.36 bits per heavy atom.